The molecule has 0 saturated heterocycles. The normalized spacial score (nSPS) is 10.6. The highest BCUT2D eigenvalue weighted by atomic mass is 35.5. The third-order valence-corrected chi connectivity index (χ3v) is 6.00. The van der Waals surface area contributed by atoms with Gasteiger partial charge in [-0.1, -0.05) is 53.7 Å². The zero-order valence-corrected chi connectivity index (χ0v) is 19.5. The zero-order valence-electron chi connectivity index (χ0n) is 17.9. The lowest BCUT2D eigenvalue weighted by Gasteiger charge is -2.10. The first kappa shape index (κ1) is 23.6. The molecule has 0 spiro atoms. The van der Waals surface area contributed by atoms with Crippen molar-refractivity contribution in [3.8, 4) is 0 Å². The fraction of sp³-hybridized carbons (Fsp3) is 0.217. The summed E-state index contributed by atoms with van der Waals surface area (Å²) in [5.41, 5.74) is 3.31. The topological polar surface area (TPSA) is 88.9 Å². The molecule has 0 radical (unpaired) electrons. The number of allylic oxidation sites excluding steroid dienone is 1. The lowest BCUT2D eigenvalue weighted by Crippen LogP contribution is -2.18. The molecule has 1 heterocycles. The molecule has 0 saturated carbocycles. The van der Waals surface area contributed by atoms with Crippen LogP contribution in [0.25, 0.3) is 0 Å². The average Bonchev–Trinajstić information content (AvgIpc) is 3.12. The van der Waals surface area contributed by atoms with Crippen LogP contribution in [0.2, 0.25) is 5.02 Å². The molecule has 7 nitrogen and oxygen atoms in total. The number of carbonyl (C=O) groups is 2. The highest BCUT2D eigenvalue weighted by molar-refractivity contribution is 7.99. The summed E-state index contributed by atoms with van der Waals surface area (Å²) in [4.78, 5) is 24.9. The molecule has 32 heavy (non-hydrogen) atoms. The van der Waals surface area contributed by atoms with Crippen LogP contribution in [0.1, 0.15) is 17.0 Å². The summed E-state index contributed by atoms with van der Waals surface area (Å²) < 4.78 is 1.78. The number of hydrogen-bond donors (Lipinski definition) is 2. The van der Waals surface area contributed by atoms with Crippen LogP contribution in [0.5, 0.6) is 0 Å². The molecule has 1 aromatic heterocycles. The van der Waals surface area contributed by atoms with Gasteiger partial charge in [0, 0.05) is 22.9 Å². The van der Waals surface area contributed by atoms with Gasteiger partial charge >= 0.3 is 0 Å². The number of para-hydroxylation sites is 1. The van der Waals surface area contributed by atoms with Gasteiger partial charge in [0.25, 0.3) is 0 Å². The molecule has 0 unspecified atom stereocenters. The molecule has 166 valence electrons. The summed E-state index contributed by atoms with van der Waals surface area (Å²) in [7, 11) is 0. The lowest BCUT2D eigenvalue weighted by atomic mass is 10.2. The highest BCUT2D eigenvalue weighted by Crippen LogP contribution is 2.22. The number of halogens is 1. The number of rotatable bonds is 9. The molecule has 9 heteroatoms. The van der Waals surface area contributed by atoms with Gasteiger partial charge in [0.05, 0.1) is 12.2 Å². The van der Waals surface area contributed by atoms with Gasteiger partial charge in [-0.15, -0.1) is 16.8 Å². The van der Waals surface area contributed by atoms with Gasteiger partial charge in [0.2, 0.25) is 11.8 Å². The smallest absolute Gasteiger partial charge is 0.234 e. The van der Waals surface area contributed by atoms with Crippen LogP contribution in [0.4, 0.5) is 11.4 Å². The third-order valence-electron chi connectivity index (χ3n) is 4.63. The van der Waals surface area contributed by atoms with Crippen molar-refractivity contribution in [3.05, 3.63) is 77.1 Å². The Morgan fingerprint density at radius 1 is 1.09 bits per heavy atom. The van der Waals surface area contributed by atoms with Gasteiger partial charge < -0.3 is 15.2 Å². The highest BCUT2D eigenvalue weighted by Gasteiger charge is 2.17. The Balaban J connectivity index is 1.62. The lowest BCUT2D eigenvalue weighted by molar-refractivity contribution is -0.116. The Bertz CT molecular complexity index is 1150. The molecule has 2 N–H and O–H groups in total. The van der Waals surface area contributed by atoms with Crippen molar-refractivity contribution in [3.63, 3.8) is 0 Å². The fourth-order valence-corrected chi connectivity index (χ4v) is 3.87. The molecular formula is C23H24ClN5O2S. The predicted molar refractivity (Wildman–Crippen MR) is 129 cm³/mol. The first-order chi connectivity index (χ1) is 15.4. The minimum atomic E-state index is -0.193. The monoisotopic (exact) mass is 469 g/mol. The fourth-order valence-electron chi connectivity index (χ4n) is 2.92. The number of carbonyl (C=O) groups excluding carboxylic acids is 2. The van der Waals surface area contributed by atoms with Crippen molar-refractivity contribution >= 4 is 46.6 Å². The van der Waals surface area contributed by atoms with Gasteiger partial charge in [-0.05, 0) is 43.2 Å². The second-order valence-corrected chi connectivity index (χ2v) is 8.49. The molecule has 0 aliphatic rings. The van der Waals surface area contributed by atoms with E-state index < -0.39 is 0 Å². The molecule has 3 aromatic rings. The standard InChI is InChI=1S/C23H24ClN5O2S/c1-4-11-29-20(13-21(30)26-19-8-6-5-7-16(19)3)27-28-23(29)32-14-22(31)25-17-10-9-15(2)18(24)12-17/h4-10,12H,1,11,13-14H2,2-3H3,(H,25,31)(H,26,30). The number of aromatic nitrogens is 3. The summed E-state index contributed by atoms with van der Waals surface area (Å²) >= 11 is 7.35. The maximum atomic E-state index is 12.5. The van der Waals surface area contributed by atoms with E-state index in [0.29, 0.717) is 28.2 Å². The molecule has 0 aliphatic heterocycles. The second kappa shape index (κ2) is 11.0. The Morgan fingerprint density at radius 3 is 2.59 bits per heavy atom. The van der Waals surface area contributed by atoms with Gasteiger partial charge in [0.1, 0.15) is 5.82 Å². The summed E-state index contributed by atoms with van der Waals surface area (Å²) in [5.74, 6) is 0.254. The molecule has 0 atom stereocenters. The number of benzene rings is 2. The van der Waals surface area contributed by atoms with Crippen molar-refractivity contribution in [1.29, 1.82) is 0 Å². The van der Waals surface area contributed by atoms with E-state index >= 15 is 0 Å². The van der Waals surface area contributed by atoms with Crippen LogP contribution in [-0.2, 0) is 22.6 Å². The molecule has 0 aliphatic carbocycles. The SMILES string of the molecule is C=CCn1c(CC(=O)Nc2ccccc2C)nnc1SCC(=O)Nc1ccc(C)c(Cl)c1. The number of nitrogens with zero attached hydrogens (tertiary/aromatic N) is 3. The van der Waals surface area contributed by atoms with Crippen LogP contribution < -0.4 is 10.6 Å². The van der Waals surface area contributed by atoms with E-state index in [1.54, 1.807) is 22.8 Å². The molecule has 0 fully saturated rings. The van der Waals surface area contributed by atoms with Crippen molar-refractivity contribution in [2.45, 2.75) is 32.0 Å². The van der Waals surface area contributed by atoms with E-state index in [1.807, 2.05) is 44.2 Å². The maximum absolute atomic E-state index is 12.5. The minimum absolute atomic E-state index is 0.0593. The molecule has 0 bridgehead atoms. The average molecular weight is 470 g/mol. The van der Waals surface area contributed by atoms with E-state index in [4.69, 9.17) is 11.6 Å². The first-order valence-corrected chi connectivity index (χ1v) is 11.3. The maximum Gasteiger partial charge on any atom is 0.234 e. The molecule has 3 rings (SSSR count). The van der Waals surface area contributed by atoms with Gasteiger partial charge in [-0.25, -0.2) is 0 Å². The summed E-state index contributed by atoms with van der Waals surface area (Å²) in [6.45, 7) is 8.02. The Labute approximate surface area is 196 Å². The minimum Gasteiger partial charge on any atom is -0.325 e. The van der Waals surface area contributed by atoms with Crippen LogP contribution in [0.3, 0.4) is 0 Å². The number of amides is 2. The summed E-state index contributed by atoms with van der Waals surface area (Å²) in [6.07, 6.45) is 1.76. The van der Waals surface area contributed by atoms with Crippen LogP contribution in [0.15, 0.2) is 60.3 Å². The van der Waals surface area contributed by atoms with E-state index in [0.717, 1.165) is 16.8 Å². The third kappa shape index (κ3) is 6.21. The first-order valence-electron chi connectivity index (χ1n) is 9.94. The molecule has 2 amide bonds. The number of thioether (sulfide) groups is 1. The second-order valence-electron chi connectivity index (χ2n) is 7.14. The van der Waals surface area contributed by atoms with Gasteiger partial charge in [-0.2, -0.15) is 0 Å². The number of nitrogens with one attached hydrogen (secondary N) is 2. The predicted octanol–water partition coefficient (Wildman–Crippen LogP) is 4.65. The van der Waals surface area contributed by atoms with E-state index in [-0.39, 0.29) is 24.0 Å². The number of hydrogen-bond acceptors (Lipinski definition) is 5. The van der Waals surface area contributed by atoms with Crippen molar-refractivity contribution in [2.24, 2.45) is 0 Å². The summed E-state index contributed by atoms with van der Waals surface area (Å²) in [6, 6.07) is 12.9. The molecule has 2 aromatic carbocycles. The van der Waals surface area contributed by atoms with Gasteiger partial charge in [-0.3, -0.25) is 9.59 Å². The number of anilines is 2. The van der Waals surface area contributed by atoms with Crippen LogP contribution >= 0.6 is 23.4 Å². The molecular weight excluding hydrogens is 446 g/mol. The van der Waals surface area contributed by atoms with Crippen LogP contribution in [-0.4, -0.2) is 32.3 Å². The zero-order chi connectivity index (χ0) is 23.1. The van der Waals surface area contributed by atoms with E-state index in [2.05, 4.69) is 27.4 Å². The number of aryl methyl sites for hydroxylation is 2. The quantitative estimate of drug-likeness (QED) is 0.352. The van der Waals surface area contributed by atoms with Crippen LogP contribution in [0, 0.1) is 13.8 Å². The Morgan fingerprint density at radius 2 is 1.88 bits per heavy atom. The summed E-state index contributed by atoms with van der Waals surface area (Å²) in [5, 5.41) is 15.2. The van der Waals surface area contributed by atoms with E-state index in [9.17, 15) is 9.59 Å². The van der Waals surface area contributed by atoms with E-state index in [1.165, 1.54) is 11.8 Å². The Hall–Kier alpha value is -3.10. The van der Waals surface area contributed by atoms with Crippen molar-refractivity contribution < 1.29 is 9.59 Å². The Kier molecular flexibility index (Phi) is 8.08. The van der Waals surface area contributed by atoms with Crippen molar-refractivity contribution in [1.82, 2.24) is 14.8 Å². The largest absolute Gasteiger partial charge is 0.325 e. The van der Waals surface area contributed by atoms with Gasteiger partial charge in [0.15, 0.2) is 5.16 Å². The van der Waals surface area contributed by atoms with Crippen molar-refractivity contribution in [2.75, 3.05) is 16.4 Å².